The van der Waals surface area contributed by atoms with E-state index < -0.39 is 67.3 Å². The lowest BCUT2D eigenvalue weighted by atomic mass is 9.92. The van der Waals surface area contributed by atoms with Gasteiger partial charge in [0.25, 0.3) is 22.7 Å². The number of nitrogens with zero attached hydrogens (tertiary/aromatic N) is 4. The van der Waals surface area contributed by atoms with Gasteiger partial charge in [-0.1, -0.05) is 0 Å². The van der Waals surface area contributed by atoms with Gasteiger partial charge in [0.2, 0.25) is 0 Å². The minimum Gasteiger partial charge on any atom is -0.480 e. The van der Waals surface area contributed by atoms with E-state index in [-0.39, 0.29) is 41.7 Å². The van der Waals surface area contributed by atoms with Crippen molar-refractivity contribution in [3.8, 4) is 0 Å². The number of benzene rings is 2. The summed E-state index contributed by atoms with van der Waals surface area (Å²) in [6, 6.07) is 5.24. The van der Waals surface area contributed by atoms with Gasteiger partial charge in [-0.2, -0.15) is 0 Å². The number of aliphatic carboxylic acids is 1. The molecule has 0 fully saturated rings. The Labute approximate surface area is 207 Å². The topological polar surface area (TPSA) is 262 Å². The van der Waals surface area contributed by atoms with Crippen molar-refractivity contribution in [1.29, 1.82) is 0 Å². The number of hydrogen-bond acceptors (Lipinski definition) is 11. The Hall–Kier alpha value is -4.99. The zero-order chi connectivity index (χ0) is 27.9. The monoisotopic (exact) mass is 518 g/mol. The minimum absolute atomic E-state index is 0.0373. The maximum Gasteiger partial charge on any atom is 0.320 e. The highest BCUT2D eigenvalue weighted by molar-refractivity contribution is 5.72. The normalized spacial score (nSPS) is 12.4. The van der Waals surface area contributed by atoms with Crippen LogP contribution < -0.4 is 11.5 Å². The Morgan fingerprint density at radius 3 is 1.51 bits per heavy atom. The summed E-state index contributed by atoms with van der Waals surface area (Å²) in [5.41, 5.74) is 8.81. The van der Waals surface area contributed by atoms with Gasteiger partial charge in [0.15, 0.2) is 0 Å². The third kappa shape index (κ3) is 7.01. The lowest BCUT2D eigenvalue weighted by Gasteiger charge is -2.14. The van der Waals surface area contributed by atoms with Crippen molar-refractivity contribution in [2.45, 2.75) is 38.1 Å². The first-order valence-electron chi connectivity index (χ1n) is 10.6. The Kier molecular flexibility index (Phi) is 9.25. The molecule has 0 aliphatic heterocycles. The summed E-state index contributed by atoms with van der Waals surface area (Å²) >= 11 is 0. The van der Waals surface area contributed by atoms with E-state index in [0.29, 0.717) is 0 Å². The van der Waals surface area contributed by atoms with Crippen LogP contribution >= 0.6 is 0 Å². The maximum atomic E-state index is 11.6. The molecular weight excluding hydrogens is 496 g/mol. The maximum absolute atomic E-state index is 11.6. The second-order valence-electron chi connectivity index (χ2n) is 7.90. The molecule has 196 valence electrons. The van der Waals surface area contributed by atoms with Crippen molar-refractivity contribution in [2.24, 2.45) is 11.5 Å². The van der Waals surface area contributed by atoms with E-state index in [1.54, 1.807) is 0 Å². The molecule has 2 rings (SSSR count). The molecule has 1 unspecified atom stereocenters. The minimum atomic E-state index is -1.27. The van der Waals surface area contributed by atoms with E-state index in [4.69, 9.17) is 16.6 Å². The molecule has 0 heterocycles. The lowest BCUT2D eigenvalue weighted by Crippen LogP contribution is -2.29. The van der Waals surface area contributed by atoms with Crippen LogP contribution in [0.4, 0.5) is 22.7 Å². The van der Waals surface area contributed by atoms with Crippen LogP contribution in [0, 0.1) is 40.5 Å². The molecule has 16 nitrogen and oxygen atoms in total. The summed E-state index contributed by atoms with van der Waals surface area (Å²) in [6.07, 6.45) is -0.934. The van der Waals surface area contributed by atoms with Crippen molar-refractivity contribution in [2.75, 3.05) is 0 Å². The summed E-state index contributed by atoms with van der Waals surface area (Å²) < 4.78 is 0. The Balaban J connectivity index is 2.64. The molecule has 0 amide bonds. The first-order valence-corrected chi connectivity index (χ1v) is 10.6. The van der Waals surface area contributed by atoms with Crippen LogP contribution in [0.15, 0.2) is 47.7 Å². The van der Waals surface area contributed by atoms with Crippen LogP contribution in [0.1, 0.15) is 30.4 Å². The van der Waals surface area contributed by atoms with Gasteiger partial charge in [-0.25, -0.2) is 0 Å². The van der Waals surface area contributed by atoms with Gasteiger partial charge in [-0.05, 0) is 37.0 Å². The Morgan fingerprint density at radius 1 is 0.784 bits per heavy atom. The van der Waals surface area contributed by atoms with Crippen LogP contribution in [0.3, 0.4) is 0 Å². The highest BCUT2D eigenvalue weighted by atomic mass is 16.6. The molecule has 1 atom stereocenters. The van der Waals surface area contributed by atoms with E-state index in [0.717, 1.165) is 36.4 Å². The summed E-state index contributed by atoms with van der Waals surface area (Å²) in [4.78, 5) is 53.9. The smallest absolute Gasteiger partial charge is 0.320 e. The average Bonchev–Trinajstić information content (AvgIpc) is 2.82. The van der Waals surface area contributed by atoms with E-state index in [1.165, 1.54) is 0 Å². The van der Waals surface area contributed by atoms with E-state index in [9.17, 15) is 45.3 Å². The zero-order valence-electron chi connectivity index (χ0n) is 19.1. The number of nitro groups is 4. The second-order valence-corrected chi connectivity index (χ2v) is 7.90. The largest absolute Gasteiger partial charge is 0.480 e. The van der Waals surface area contributed by atoms with Crippen molar-refractivity contribution in [1.82, 2.24) is 0 Å². The first kappa shape index (κ1) is 28.2. The van der Waals surface area contributed by atoms with E-state index in [2.05, 4.69) is 0 Å². The fraction of sp³-hybridized carbons (Fsp3) is 0.286. The van der Waals surface area contributed by atoms with Gasteiger partial charge in [-0.3, -0.25) is 45.3 Å². The molecule has 0 aliphatic carbocycles. The van der Waals surface area contributed by atoms with Gasteiger partial charge in [0.1, 0.15) is 17.2 Å². The summed E-state index contributed by atoms with van der Waals surface area (Å²) in [5, 5.41) is 55.1. The van der Waals surface area contributed by atoms with Gasteiger partial charge in [0.05, 0.1) is 19.7 Å². The number of nitrogens with two attached hydrogens (primary N) is 2. The van der Waals surface area contributed by atoms with Gasteiger partial charge in [0, 0.05) is 42.8 Å². The molecule has 16 heteroatoms. The SMILES string of the molecule is NC(Cc1c([N+](=O)[O-])cccc1[N+](=O)[O-])=C(CCCC(N)C(=O)O)Cc1c([N+](=O)[O-])cccc1[N+](=O)[O-]. The van der Waals surface area contributed by atoms with Crippen LogP contribution in [0.5, 0.6) is 0 Å². The molecule has 0 aliphatic rings. The number of hydrogen-bond donors (Lipinski definition) is 3. The first-order chi connectivity index (χ1) is 17.3. The van der Waals surface area contributed by atoms with Crippen molar-refractivity contribution < 1.29 is 29.6 Å². The Morgan fingerprint density at radius 2 is 1.16 bits per heavy atom. The van der Waals surface area contributed by atoms with Crippen molar-refractivity contribution in [3.63, 3.8) is 0 Å². The molecule has 0 saturated carbocycles. The number of carboxylic acid groups (broad SMARTS) is 1. The van der Waals surface area contributed by atoms with Gasteiger partial charge >= 0.3 is 5.97 Å². The van der Waals surface area contributed by atoms with Gasteiger partial charge in [-0.15, -0.1) is 0 Å². The molecular formula is C21H22N6O10. The van der Waals surface area contributed by atoms with E-state index >= 15 is 0 Å². The van der Waals surface area contributed by atoms with Crippen molar-refractivity contribution in [3.05, 3.63) is 99.3 Å². The third-order valence-electron chi connectivity index (χ3n) is 5.56. The molecule has 2 aromatic carbocycles. The van der Waals surface area contributed by atoms with Crippen molar-refractivity contribution >= 4 is 28.7 Å². The third-order valence-corrected chi connectivity index (χ3v) is 5.56. The second kappa shape index (κ2) is 12.1. The fourth-order valence-electron chi connectivity index (χ4n) is 3.72. The number of rotatable bonds is 13. The molecule has 5 N–H and O–H groups in total. The predicted molar refractivity (Wildman–Crippen MR) is 128 cm³/mol. The number of carbonyl (C=O) groups is 1. The molecule has 0 spiro atoms. The highest BCUT2D eigenvalue weighted by Crippen LogP contribution is 2.34. The van der Waals surface area contributed by atoms with Crippen LogP contribution in [-0.4, -0.2) is 36.8 Å². The quantitative estimate of drug-likeness (QED) is 0.255. The standard InChI is InChI=1S/C21H22N6O10/c22-15(21(28)29)5-1-4-12(10-13-17(24(30)31)6-2-7-18(13)25(32)33)16(23)11-14-19(26(34)35)8-3-9-20(14)27(36)37/h2-3,6-9,15H,1,4-5,10-11,22-23H2,(H,28,29). The summed E-state index contributed by atoms with van der Waals surface area (Å²) in [7, 11) is 0. The molecule has 0 bridgehead atoms. The highest BCUT2D eigenvalue weighted by Gasteiger charge is 2.28. The number of carboxylic acids is 1. The van der Waals surface area contributed by atoms with Crippen LogP contribution in [0.25, 0.3) is 0 Å². The van der Waals surface area contributed by atoms with Gasteiger partial charge < -0.3 is 16.6 Å². The molecule has 0 aromatic heterocycles. The molecule has 2 aromatic rings. The molecule has 0 radical (unpaired) electrons. The van der Waals surface area contributed by atoms with E-state index in [1.807, 2.05) is 0 Å². The Bertz CT molecular complexity index is 1230. The summed E-state index contributed by atoms with van der Waals surface area (Å²) in [6.45, 7) is 0. The molecule has 0 saturated heterocycles. The summed E-state index contributed by atoms with van der Waals surface area (Å²) in [5.74, 6) is -1.27. The molecule has 37 heavy (non-hydrogen) atoms. The predicted octanol–water partition coefficient (Wildman–Crippen LogP) is 2.90. The number of nitro benzene ring substituents is 4. The number of allylic oxidation sites excluding steroid dienone is 2. The fourth-order valence-corrected chi connectivity index (χ4v) is 3.72. The average molecular weight is 518 g/mol. The lowest BCUT2D eigenvalue weighted by molar-refractivity contribution is -0.395. The van der Waals surface area contributed by atoms with Crippen LogP contribution in [-0.2, 0) is 17.6 Å². The zero-order valence-corrected chi connectivity index (χ0v) is 19.1. The van der Waals surface area contributed by atoms with Crippen LogP contribution in [0.2, 0.25) is 0 Å².